The van der Waals surface area contributed by atoms with Crippen LogP contribution in [0.1, 0.15) is 1.43 Å². The third-order valence-corrected chi connectivity index (χ3v) is 0.506. The molecule has 38 valence electrons. The maximum absolute atomic E-state index is 10.1. The monoisotopic (exact) mass is 121 g/mol. The van der Waals surface area contributed by atoms with Crippen LogP contribution >= 0.6 is 0 Å². The zero-order chi connectivity index (χ0) is 5.11. The fourth-order valence-corrected chi connectivity index (χ4v) is 0.249. The molecule has 0 amide bonds. The third-order valence-electron chi connectivity index (χ3n) is 0.506. The zero-order valence-electron chi connectivity index (χ0n) is 5.46. The van der Waals surface area contributed by atoms with Crippen LogP contribution in [-0.4, -0.2) is 15.2 Å². The number of hydrogen-bond acceptors (Lipinski definition) is 3. The first-order valence-corrected chi connectivity index (χ1v) is 1.75. The van der Waals surface area contributed by atoms with E-state index in [1.54, 1.807) is 0 Å². The van der Waals surface area contributed by atoms with Crippen molar-refractivity contribution in [1.29, 1.82) is 0 Å². The SMILES string of the molecule is O=c1cnnc[nH]1.[H-].[Na+]. The molecule has 1 N–H and O–H groups in total. The first kappa shape index (κ1) is 7.81. The first-order chi connectivity index (χ1) is 3.39. The predicted octanol–water partition coefficient (Wildman–Crippen LogP) is -3.72. The number of nitrogens with one attached hydrogen (secondary N) is 1. The molecule has 8 heavy (non-hydrogen) atoms. The fourth-order valence-electron chi connectivity index (χ4n) is 0.249. The minimum Gasteiger partial charge on any atom is -1.00 e. The van der Waals surface area contributed by atoms with Crippen molar-refractivity contribution >= 4 is 0 Å². The molecule has 0 spiro atoms. The number of nitrogens with zero attached hydrogens (tertiary/aromatic N) is 2. The number of hydrogen-bond donors (Lipinski definition) is 1. The van der Waals surface area contributed by atoms with E-state index in [0.717, 1.165) is 6.20 Å². The Balaban J connectivity index is 0. The summed E-state index contributed by atoms with van der Waals surface area (Å²) in [6.07, 6.45) is 2.35. The van der Waals surface area contributed by atoms with E-state index in [9.17, 15) is 4.79 Å². The van der Waals surface area contributed by atoms with E-state index in [-0.39, 0.29) is 36.5 Å². The minimum atomic E-state index is -0.227. The molecule has 5 heteroatoms. The van der Waals surface area contributed by atoms with Crippen molar-refractivity contribution in [2.24, 2.45) is 0 Å². The van der Waals surface area contributed by atoms with Crippen molar-refractivity contribution in [3.63, 3.8) is 0 Å². The van der Waals surface area contributed by atoms with Gasteiger partial charge in [0, 0.05) is 0 Å². The van der Waals surface area contributed by atoms with Crippen molar-refractivity contribution < 1.29 is 31.0 Å². The van der Waals surface area contributed by atoms with Crippen molar-refractivity contribution in [3.05, 3.63) is 22.9 Å². The third kappa shape index (κ3) is 2.20. The molecule has 0 atom stereocenters. The van der Waals surface area contributed by atoms with Crippen LogP contribution in [0.4, 0.5) is 0 Å². The fraction of sp³-hybridized carbons (Fsp3) is 0. The summed E-state index contributed by atoms with van der Waals surface area (Å²) in [4.78, 5) is 12.4. The second-order valence-corrected chi connectivity index (χ2v) is 0.998. The summed E-state index contributed by atoms with van der Waals surface area (Å²) < 4.78 is 0. The average molecular weight is 121 g/mol. The van der Waals surface area contributed by atoms with Gasteiger partial charge >= 0.3 is 29.6 Å². The van der Waals surface area contributed by atoms with Gasteiger partial charge in [0.25, 0.3) is 5.56 Å². The summed E-state index contributed by atoms with van der Waals surface area (Å²) >= 11 is 0. The molecule has 0 unspecified atom stereocenters. The quantitative estimate of drug-likeness (QED) is 0.359. The number of rotatable bonds is 0. The molecule has 1 heterocycles. The maximum Gasteiger partial charge on any atom is 1.00 e. The molecule has 0 saturated carbocycles. The van der Waals surface area contributed by atoms with Crippen LogP contribution in [-0.2, 0) is 0 Å². The largest absolute Gasteiger partial charge is 1.00 e. The zero-order valence-corrected chi connectivity index (χ0v) is 6.46. The smallest absolute Gasteiger partial charge is 1.00 e. The summed E-state index contributed by atoms with van der Waals surface area (Å²) in [7, 11) is 0. The summed E-state index contributed by atoms with van der Waals surface area (Å²) in [6.45, 7) is 0. The van der Waals surface area contributed by atoms with Crippen molar-refractivity contribution in [2.75, 3.05) is 0 Å². The van der Waals surface area contributed by atoms with Crippen LogP contribution in [0.25, 0.3) is 0 Å². The van der Waals surface area contributed by atoms with Crippen molar-refractivity contribution in [3.8, 4) is 0 Å². The van der Waals surface area contributed by atoms with E-state index < -0.39 is 0 Å². The van der Waals surface area contributed by atoms with Gasteiger partial charge in [-0.3, -0.25) is 4.79 Å². The Labute approximate surface area is 69.1 Å². The molecule has 0 aliphatic carbocycles. The molecule has 0 bridgehead atoms. The summed E-state index contributed by atoms with van der Waals surface area (Å²) in [5, 5.41) is 6.63. The van der Waals surface area contributed by atoms with Crippen LogP contribution in [0.15, 0.2) is 17.3 Å². The van der Waals surface area contributed by atoms with Gasteiger partial charge in [-0.05, 0) is 0 Å². The Bertz CT molecular complexity index is 185. The number of aromatic amines is 1. The Morgan fingerprint density at radius 3 is 2.62 bits per heavy atom. The van der Waals surface area contributed by atoms with Gasteiger partial charge in [0.1, 0.15) is 12.5 Å². The molecule has 0 aliphatic rings. The van der Waals surface area contributed by atoms with Crippen molar-refractivity contribution in [2.45, 2.75) is 0 Å². The normalized spacial score (nSPS) is 7.50. The molecule has 1 rings (SSSR count). The molecule has 0 aromatic carbocycles. The summed E-state index contributed by atoms with van der Waals surface area (Å²) in [5.74, 6) is 0. The second kappa shape index (κ2) is 3.77. The Hall–Kier alpha value is -0.190. The van der Waals surface area contributed by atoms with Gasteiger partial charge in [0.05, 0.1) is 0 Å². The van der Waals surface area contributed by atoms with E-state index in [1.807, 2.05) is 0 Å². The first-order valence-electron chi connectivity index (χ1n) is 1.75. The van der Waals surface area contributed by atoms with Gasteiger partial charge in [-0.25, -0.2) is 0 Å². The molecule has 0 fully saturated rings. The van der Waals surface area contributed by atoms with E-state index in [4.69, 9.17) is 0 Å². The van der Waals surface area contributed by atoms with Crippen LogP contribution in [0.2, 0.25) is 0 Å². The average Bonchev–Trinajstić information content (AvgIpc) is 1.69. The molecule has 1 aromatic heterocycles. The topological polar surface area (TPSA) is 58.6 Å². The number of aromatic nitrogens is 3. The molecule has 0 radical (unpaired) electrons. The molecular formula is C3H4N3NaO. The van der Waals surface area contributed by atoms with Crippen LogP contribution in [0.3, 0.4) is 0 Å². The Morgan fingerprint density at radius 2 is 2.38 bits per heavy atom. The van der Waals surface area contributed by atoms with E-state index >= 15 is 0 Å². The standard InChI is InChI=1S/C3H3N3O.Na.H/c7-3-1-5-6-2-4-3;;/h1-2H,(H,4,6,7);;/q;+1;-1. The second-order valence-electron chi connectivity index (χ2n) is 0.998. The molecular weight excluding hydrogens is 117 g/mol. The van der Waals surface area contributed by atoms with Gasteiger partial charge in [0.15, 0.2) is 0 Å². The van der Waals surface area contributed by atoms with Gasteiger partial charge in [-0.15, -0.1) is 5.10 Å². The van der Waals surface area contributed by atoms with Gasteiger partial charge in [-0.2, -0.15) is 5.10 Å². The Kier molecular flexibility index (Phi) is 3.68. The van der Waals surface area contributed by atoms with Crippen LogP contribution in [0, 0.1) is 0 Å². The summed E-state index contributed by atoms with van der Waals surface area (Å²) in [5.41, 5.74) is -0.227. The number of H-pyrrole nitrogens is 1. The van der Waals surface area contributed by atoms with E-state index in [1.165, 1.54) is 6.33 Å². The van der Waals surface area contributed by atoms with Gasteiger partial charge < -0.3 is 6.41 Å². The molecule has 0 aliphatic heterocycles. The van der Waals surface area contributed by atoms with E-state index in [0.29, 0.717) is 0 Å². The van der Waals surface area contributed by atoms with Gasteiger partial charge in [0.2, 0.25) is 0 Å². The van der Waals surface area contributed by atoms with Crippen LogP contribution < -0.4 is 35.1 Å². The molecule has 1 aromatic rings. The van der Waals surface area contributed by atoms with E-state index in [2.05, 4.69) is 15.2 Å². The molecule has 4 nitrogen and oxygen atoms in total. The summed E-state index contributed by atoms with van der Waals surface area (Å²) in [6, 6.07) is 0. The van der Waals surface area contributed by atoms with Gasteiger partial charge in [-0.1, -0.05) is 0 Å². The molecule has 0 saturated heterocycles. The predicted molar refractivity (Wildman–Crippen MR) is 23.8 cm³/mol. The minimum absolute atomic E-state index is 0. The Morgan fingerprint density at radius 1 is 1.62 bits per heavy atom. The van der Waals surface area contributed by atoms with Crippen molar-refractivity contribution in [1.82, 2.24) is 15.2 Å². The maximum atomic E-state index is 10.1. The van der Waals surface area contributed by atoms with Crippen LogP contribution in [0.5, 0.6) is 0 Å².